The van der Waals surface area contributed by atoms with Crippen molar-refractivity contribution in [3.63, 3.8) is 0 Å². The minimum atomic E-state index is -4.95. The summed E-state index contributed by atoms with van der Waals surface area (Å²) in [5.74, 6) is 0.862. The molecular formula is C70H136O17P2. The molecule has 0 aromatic carbocycles. The Balaban J connectivity index is 5.26. The van der Waals surface area contributed by atoms with E-state index in [0.717, 1.165) is 114 Å². The Labute approximate surface area is 543 Å². The zero-order chi connectivity index (χ0) is 66.1. The predicted octanol–water partition coefficient (Wildman–Crippen LogP) is 19.7. The molecule has 0 aliphatic rings. The van der Waals surface area contributed by atoms with E-state index < -0.39 is 97.5 Å². The van der Waals surface area contributed by atoms with Crippen LogP contribution in [0, 0.1) is 23.7 Å². The number of hydrogen-bond acceptors (Lipinski definition) is 15. The van der Waals surface area contributed by atoms with Crippen LogP contribution < -0.4 is 0 Å². The second kappa shape index (κ2) is 59.8. The number of ether oxygens (including phenoxy) is 4. The maximum absolute atomic E-state index is 13.0. The summed E-state index contributed by atoms with van der Waals surface area (Å²) in [5.41, 5.74) is 0. The van der Waals surface area contributed by atoms with Gasteiger partial charge in [0.15, 0.2) is 12.2 Å². The lowest BCUT2D eigenvalue weighted by Crippen LogP contribution is -2.30. The van der Waals surface area contributed by atoms with Gasteiger partial charge in [-0.25, -0.2) is 9.13 Å². The molecule has 0 saturated heterocycles. The van der Waals surface area contributed by atoms with Gasteiger partial charge in [0, 0.05) is 25.7 Å². The zero-order valence-corrected chi connectivity index (χ0v) is 59.8. The molecule has 0 bridgehead atoms. The van der Waals surface area contributed by atoms with Crippen LogP contribution in [0.1, 0.15) is 344 Å². The minimum Gasteiger partial charge on any atom is -0.462 e. The molecule has 0 aliphatic heterocycles. The van der Waals surface area contributed by atoms with Gasteiger partial charge in [-0.3, -0.25) is 37.3 Å². The van der Waals surface area contributed by atoms with Gasteiger partial charge in [0.25, 0.3) is 0 Å². The summed E-state index contributed by atoms with van der Waals surface area (Å²) in [6, 6.07) is 0. The Bertz CT molecular complexity index is 1770. The molecule has 0 fully saturated rings. The first-order chi connectivity index (χ1) is 42.6. The molecule has 3 unspecified atom stereocenters. The lowest BCUT2D eigenvalue weighted by atomic mass is 9.99. The van der Waals surface area contributed by atoms with Crippen LogP contribution in [-0.4, -0.2) is 96.7 Å². The van der Waals surface area contributed by atoms with Gasteiger partial charge in [0.05, 0.1) is 26.4 Å². The van der Waals surface area contributed by atoms with Crippen molar-refractivity contribution in [2.24, 2.45) is 23.7 Å². The van der Waals surface area contributed by atoms with E-state index >= 15 is 0 Å². The molecule has 0 aromatic rings. The Kier molecular flexibility index (Phi) is 58.5. The number of phosphoric ester groups is 2. The fourth-order valence-corrected chi connectivity index (χ4v) is 12.0. The third kappa shape index (κ3) is 63.2. The molecule has 0 aromatic heterocycles. The molecule has 528 valence electrons. The van der Waals surface area contributed by atoms with Crippen molar-refractivity contribution in [2.75, 3.05) is 39.6 Å². The van der Waals surface area contributed by atoms with E-state index in [4.69, 9.17) is 37.0 Å². The van der Waals surface area contributed by atoms with Crippen molar-refractivity contribution in [3.05, 3.63) is 0 Å². The minimum absolute atomic E-state index is 0.104. The average Bonchev–Trinajstić information content (AvgIpc) is 3.67. The number of esters is 4. The molecule has 19 heteroatoms. The number of carbonyl (C=O) groups excluding carboxylic acids is 4. The summed E-state index contributed by atoms with van der Waals surface area (Å²) in [6.07, 6.45) is 41.7. The third-order valence-corrected chi connectivity index (χ3v) is 18.3. The zero-order valence-electron chi connectivity index (χ0n) is 58.1. The maximum Gasteiger partial charge on any atom is 0.472 e. The quantitative estimate of drug-likeness (QED) is 0.0222. The van der Waals surface area contributed by atoms with Gasteiger partial charge >= 0.3 is 39.5 Å². The highest BCUT2D eigenvalue weighted by molar-refractivity contribution is 7.47. The van der Waals surface area contributed by atoms with Crippen LogP contribution in [0.3, 0.4) is 0 Å². The van der Waals surface area contributed by atoms with Crippen LogP contribution in [0.25, 0.3) is 0 Å². The lowest BCUT2D eigenvalue weighted by molar-refractivity contribution is -0.161. The number of unbranched alkanes of at least 4 members (excludes halogenated alkanes) is 32. The Morgan fingerprint density at radius 1 is 0.315 bits per heavy atom. The van der Waals surface area contributed by atoms with Gasteiger partial charge in [-0.1, -0.05) is 293 Å². The Hall–Kier alpha value is -1.94. The van der Waals surface area contributed by atoms with Gasteiger partial charge in [-0.05, 0) is 49.4 Å². The SMILES string of the molecule is CCC(C)CCCCCCCCCCCCC(=O)OC[C@H](COP(=O)(O)OC[C@@H](O)COP(=O)(O)OC[C@@H](COC(=O)CCCCCCCCC(C)C)OC(=O)CCCCCCCCCCCCC(C)C)OC(=O)CCCCCCCCCCCCC(C)C. The first-order valence-corrected chi connectivity index (χ1v) is 39.2. The number of phosphoric acid groups is 2. The van der Waals surface area contributed by atoms with Crippen LogP contribution in [0.2, 0.25) is 0 Å². The summed E-state index contributed by atoms with van der Waals surface area (Å²) in [5, 5.41) is 10.6. The highest BCUT2D eigenvalue weighted by atomic mass is 31.2. The predicted molar refractivity (Wildman–Crippen MR) is 358 cm³/mol. The monoisotopic (exact) mass is 1310 g/mol. The number of aliphatic hydroxyl groups is 1. The van der Waals surface area contributed by atoms with Crippen molar-refractivity contribution >= 4 is 39.5 Å². The summed E-state index contributed by atoms with van der Waals surface area (Å²) < 4.78 is 68.3. The molecule has 0 aliphatic carbocycles. The molecule has 3 N–H and O–H groups in total. The fraction of sp³-hybridized carbons (Fsp3) is 0.943. The van der Waals surface area contributed by atoms with Gasteiger partial charge in [-0.2, -0.15) is 0 Å². The van der Waals surface area contributed by atoms with E-state index in [1.807, 2.05) is 0 Å². The standard InChI is InChI=1S/C70H136O17P2/c1-9-63(8)49-41-33-24-18-12-15-19-25-34-42-50-67(72)80-56-65(86-69(74)52-44-36-26-20-13-10-16-22-30-38-46-60(2)3)58-84-88(76,77)82-54-64(71)55-83-89(78,79)85-59-66(57-81-68(73)51-43-35-29-28-32-40-48-62(6)7)87-70(75)53-45-37-27-21-14-11-17-23-31-39-47-61(4)5/h60-66,71H,9-59H2,1-8H3,(H,76,77)(H,78,79)/t63?,64-,65-,66-/m1/s1. The highest BCUT2D eigenvalue weighted by Gasteiger charge is 2.30. The van der Waals surface area contributed by atoms with Crippen molar-refractivity contribution in [1.82, 2.24) is 0 Å². The van der Waals surface area contributed by atoms with Crippen LogP contribution in [0.15, 0.2) is 0 Å². The summed E-state index contributed by atoms with van der Waals surface area (Å²) in [7, 11) is -9.90. The topological polar surface area (TPSA) is 237 Å². The molecule has 0 rings (SSSR count). The molecule has 0 radical (unpaired) electrons. The van der Waals surface area contributed by atoms with Gasteiger partial charge in [0.2, 0.25) is 0 Å². The maximum atomic E-state index is 13.0. The largest absolute Gasteiger partial charge is 0.472 e. The first-order valence-electron chi connectivity index (χ1n) is 36.2. The molecular weight excluding hydrogens is 1170 g/mol. The number of hydrogen-bond donors (Lipinski definition) is 3. The van der Waals surface area contributed by atoms with Crippen LogP contribution >= 0.6 is 15.6 Å². The highest BCUT2D eigenvalue weighted by Crippen LogP contribution is 2.45. The molecule has 6 atom stereocenters. The van der Waals surface area contributed by atoms with E-state index in [1.54, 1.807) is 0 Å². The third-order valence-electron chi connectivity index (χ3n) is 16.4. The Morgan fingerprint density at radius 2 is 0.539 bits per heavy atom. The van der Waals surface area contributed by atoms with Crippen LogP contribution in [0.5, 0.6) is 0 Å². The second-order valence-electron chi connectivity index (χ2n) is 26.9. The fourth-order valence-electron chi connectivity index (χ4n) is 10.5. The smallest absolute Gasteiger partial charge is 0.462 e. The van der Waals surface area contributed by atoms with Crippen molar-refractivity contribution in [1.29, 1.82) is 0 Å². The molecule has 17 nitrogen and oxygen atoms in total. The molecule has 0 saturated carbocycles. The number of aliphatic hydroxyl groups excluding tert-OH is 1. The molecule has 0 amide bonds. The van der Waals surface area contributed by atoms with Gasteiger partial charge < -0.3 is 33.8 Å². The van der Waals surface area contributed by atoms with Crippen molar-refractivity contribution < 1.29 is 80.2 Å². The van der Waals surface area contributed by atoms with Gasteiger partial charge in [-0.15, -0.1) is 0 Å². The summed E-state index contributed by atoms with van der Waals surface area (Å²) in [6.45, 7) is 14.1. The van der Waals surface area contributed by atoms with E-state index in [-0.39, 0.29) is 25.7 Å². The van der Waals surface area contributed by atoms with Crippen LogP contribution in [0.4, 0.5) is 0 Å². The molecule has 89 heavy (non-hydrogen) atoms. The van der Waals surface area contributed by atoms with Crippen molar-refractivity contribution in [3.8, 4) is 0 Å². The normalized spacial score (nSPS) is 14.6. The molecule has 0 heterocycles. The van der Waals surface area contributed by atoms with E-state index in [0.29, 0.717) is 31.6 Å². The average molecular weight is 1310 g/mol. The summed E-state index contributed by atoms with van der Waals surface area (Å²) >= 11 is 0. The second-order valence-corrected chi connectivity index (χ2v) is 29.8. The number of carbonyl (C=O) groups is 4. The van der Waals surface area contributed by atoms with Crippen molar-refractivity contribution in [2.45, 2.75) is 363 Å². The first kappa shape index (κ1) is 87.1. The van der Waals surface area contributed by atoms with E-state index in [1.165, 1.54) is 141 Å². The summed E-state index contributed by atoms with van der Waals surface area (Å²) in [4.78, 5) is 72.5. The lowest BCUT2D eigenvalue weighted by Gasteiger charge is -2.21. The van der Waals surface area contributed by atoms with Crippen LogP contribution in [-0.2, 0) is 65.4 Å². The Morgan fingerprint density at radius 3 is 0.798 bits per heavy atom. The van der Waals surface area contributed by atoms with E-state index in [9.17, 15) is 43.2 Å². The molecule has 0 spiro atoms. The van der Waals surface area contributed by atoms with Gasteiger partial charge in [0.1, 0.15) is 19.3 Å². The number of rotatable bonds is 67. The van der Waals surface area contributed by atoms with E-state index in [2.05, 4.69) is 55.4 Å².